The standard InChI is InChI=1S/C11H7ClFN3O2/c1-6-7(3-2-4-8(6)13)9-10(16(17)18)11(12)15-5-14-9/h2-5H,1H3. The molecule has 0 aliphatic heterocycles. The highest BCUT2D eigenvalue weighted by Crippen LogP contribution is 2.34. The number of hydrogen-bond acceptors (Lipinski definition) is 4. The van der Waals surface area contributed by atoms with Crippen molar-refractivity contribution < 1.29 is 9.31 Å². The topological polar surface area (TPSA) is 68.9 Å². The molecular formula is C11H7ClFN3O2. The van der Waals surface area contributed by atoms with Gasteiger partial charge in [-0.3, -0.25) is 10.1 Å². The fourth-order valence-electron chi connectivity index (χ4n) is 1.58. The van der Waals surface area contributed by atoms with Gasteiger partial charge in [0.15, 0.2) is 5.69 Å². The smallest absolute Gasteiger partial charge is 0.258 e. The first-order valence-corrected chi connectivity index (χ1v) is 5.30. The molecule has 1 aromatic heterocycles. The Morgan fingerprint density at radius 1 is 1.39 bits per heavy atom. The average molecular weight is 268 g/mol. The number of rotatable bonds is 2. The van der Waals surface area contributed by atoms with E-state index in [0.29, 0.717) is 5.56 Å². The minimum absolute atomic E-state index is 0.0111. The second kappa shape index (κ2) is 4.66. The van der Waals surface area contributed by atoms with Crippen LogP contribution in [0.4, 0.5) is 10.1 Å². The molecule has 0 amide bonds. The number of hydrogen-bond donors (Lipinski definition) is 0. The first-order valence-electron chi connectivity index (χ1n) is 4.92. The van der Waals surface area contributed by atoms with Crippen molar-refractivity contribution in [3.63, 3.8) is 0 Å². The summed E-state index contributed by atoms with van der Waals surface area (Å²) in [4.78, 5) is 17.7. The lowest BCUT2D eigenvalue weighted by atomic mass is 10.0. The molecule has 0 unspecified atom stereocenters. The lowest BCUT2D eigenvalue weighted by Gasteiger charge is -2.06. The molecular weight excluding hydrogens is 261 g/mol. The molecule has 1 heterocycles. The van der Waals surface area contributed by atoms with E-state index in [9.17, 15) is 14.5 Å². The highest BCUT2D eigenvalue weighted by molar-refractivity contribution is 6.31. The summed E-state index contributed by atoms with van der Waals surface area (Å²) in [6.45, 7) is 1.52. The van der Waals surface area contributed by atoms with Crippen LogP contribution in [-0.4, -0.2) is 14.9 Å². The summed E-state index contributed by atoms with van der Waals surface area (Å²) in [6.07, 6.45) is 1.11. The Morgan fingerprint density at radius 2 is 2.11 bits per heavy atom. The van der Waals surface area contributed by atoms with E-state index in [1.807, 2.05) is 0 Å². The quantitative estimate of drug-likeness (QED) is 0.476. The van der Waals surface area contributed by atoms with Crippen molar-refractivity contribution in [3.05, 3.63) is 51.2 Å². The van der Waals surface area contributed by atoms with Crippen molar-refractivity contribution in [2.75, 3.05) is 0 Å². The lowest BCUT2D eigenvalue weighted by molar-refractivity contribution is -0.384. The van der Waals surface area contributed by atoms with Gasteiger partial charge in [0.2, 0.25) is 5.15 Å². The average Bonchev–Trinajstić information content (AvgIpc) is 2.32. The molecule has 7 heteroatoms. The Morgan fingerprint density at radius 3 is 2.78 bits per heavy atom. The van der Waals surface area contributed by atoms with Gasteiger partial charge in [0.1, 0.15) is 12.1 Å². The van der Waals surface area contributed by atoms with Crippen LogP contribution < -0.4 is 0 Å². The van der Waals surface area contributed by atoms with E-state index in [4.69, 9.17) is 11.6 Å². The highest BCUT2D eigenvalue weighted by Gasteiger charge is 2.24. The first-order chi connectivity index (χ1) is 8.52. The van der Waals surface area contributed by atoms with Gasteiger partial charge < -0.3 is 0 Å². The summed E-state index contributed by atoms with van der Waals surface area (Å²) in [7, 11) is 0. The maximum atomic E-state index is 13.5. The molecule has 0 spiro atoms. The van der Waals surface area contributed by atoms with Gasteiger partial charge >= 0.3 is 5.69 Å². The Bertz CT molecular complexity index is 634. The maximum absolute atomic E-state index is 13.5. The van der Waals surface area contributed by atoms with Crippen LogP contribution >= 0.6 is 11.6 Å². The molecule has 0 aliphatic carbocycles. The third-order valence-electron chi connectivity index (χ3n) is 2.48. The summed E-state index contributed by atoms with van der Waals surface area (Å²) in [6, 6.07) is 4.27. The van der Waals surface area contributed by atoms with Crippen LogP contribution in [-0.2, 0) is 0 Å². The molecule has 92 valence electrons. The van der Waals surface area contributed by atoms with Crippen LogP contribution in [0, 0.1) is 22.9 Å². The van der Waals surface area contributed by atoms with Crippen molar-refractivity contribution in [3.8, 4) is 11.3 Å². The number of benzene rings is 1. The molecule has 2 aromatic rings. The Labute approximate surface area is 106 Å². The SMILES string of the molecule is Cc1c(F)cccc1-c1ncnc(Cl)c1[N+](=O)[O-]. The van der Waals surface area contributed by atoms with E-state index in [-0.39, 0.29) is 16.4 Å². The minimum Gasteiger partial charge on any atom is -0.258 e. The Hall–Kier alpha value is -2.08. The number of aromatic nitrogens is 2. The first kappa shape index (κ1) is 12.4. The van der Waals surface area contributed by atoms with Crippen molar-refractivity contribution >= 4 is 17.3 Å². The molecule has 0 atom stereocenters. The molecule has 0 saturated carbocycles. The fraction of sp³-hybridized carbons (Fsp3) is 0.0909. The van der Waals surface area contributed by atoms with Gasteiger partial charge in [0, 0.05) is 5.56 Å². The van der Waals surface area contributed by atoms with Crippen LogP contribution in [0.3, 0.4) is 0 Å². The van der Waals surface area contributed by atoms with E-state index in [1.54, 1.807) is 6.07 Å². The molecule has 18 heavy (non-hydrogen) atoms. The summed E-state index contributed by atoms with van der Waals surface area (Å²) in [5, 5.41) is 10.7. The molecule has 2 rings (SSSR count). The maximum Gasteiger partial charge on any atom is 0.332 e. The predicted octanol–water partition coefficient (Wildman–Crippen LogP) is 3.15. The van der Waals surface area contributed by atoms with Gasteiger partial charge in [0.25, 0.3) is 0 Å². The second-order valence-corrected chi connectivity index (χ2v) is 3.89. The zero-order valence-corrected chi connectivity index (χ0v) is 9.98. The van der Waals surface area contributed by atoms with Crippen LogP contribution in [0.5, 0.6) is 0 Å². The van der Waals surface area contributed by atoms with Crippen LogP contribution in [0.2, 0.25) is 5.15 Å². The summed E-state index contributed by atoms with van der Waals surface area (Å²) < 4.78 is 13.5. The van der Waals surface area contributed by atoms with Crippen LogP contribution in [0.1, 0.15) is 5.56 Å². The number of halogens is 2. The van der Waals surface area contributed by atoms with Crippen LogP contribution in [0.15, 0.2) is 24.5 Å². The van der Waals surface area contributed by atoms with E-state index >= 15 is 0 Å². The molecule has 1 aromatic carbocycles. The van der Waals surface area contributed by atoms with Crippen molar-refractivity contribution in [1.29, 1.82) is 0 Å². The van der Waals surface area contributed by atoms with Gasteiger partial charge in [-0.15, -0.1) is 0 Å². The summed E-state index contributed by atoms with van der Waals surface area (Å²) in [5.74, 6) is -0.462. The van der Waals surface area contributed by atoms with Crippen molar-refractivity contribution in [2.24, 2.45) is 0 Å². The van der Waals surface area contributed by atoms with Gasteiger partial charge in [-0.1, -0.05) is 23.7 Å². The van der Waals surface area contributed by atoms with E-state index in [1.165, 1.54) is 19.1 Å². The van der Waals surface area contributed by atoms with Crippen molar-refractivity contribution in [2.45, 2.75) is 6.92 Å². The molecule has 0 saturated heterocycles. The molecule has 0 aliphatic rings. The number of nitrogens with zero attached hydrogens (tertiary/aromatic N) is 3. The van der Waals surface area contributed by atoms with E-state index < -0.39 is 16.4 Å². The van der Waals surface area contributed by atoms with Gasteiger partial charge in [-0.25, -0.2) is 14.4 Å². The van der Waals surface area contributed by atoms with Gasteiger partial charge in [-0.2, -0.15) is 0 Å². The monoisotopic (exact) mass is 267 g/mol. The third kappa shape index (κ3) is 2.02. The summed E-state index contributed by atoms with van der Waals surface area (Å²) >= 11 is 5.68. The largest absolute Gasteiger partial charge is 0.332 e. The van der Waals surface area contributed by atoms with E-state index in [0.717, 1.165) is 6.33 Å². The molecule has 0 radical (unpaired) electrons. The van der Waals surface area contributed by atoms with Gasteiger partial charge in [-0.05, 0) is 18.6 Å². The minimum atomic E-state index is -0.679. The molecule has 5 nitrogen and oxygen atoms in total. The third-order valence-corrected chi connectivity index (χ3v) is 2.76. The zero-order valence-electron chi connectivity index (χ0n) is 9.22. The molecule has 0 N–H and O–H groups in total. The van der Waals surface area contributed by atoms with E-state index in [2.05, 4.69) is 9.97 Å². The van der Waals surface area contributed by atoms with Gasteiger partial charge in [0.05, 0.1) is 4.92 Å². The predicted molar refractivity (Wildman–Crippen MR) is 63.8 cm³/mol. The lowest BCUT2D eigenvalue weighted by Crippen LogP contribution is -1.99. The Balaban J connectivity index is 2.75. The highest BCUT2D eigenvalue weighted by atomic mass is 35.5. The summed E-state index contributed by atoms with van der Waals surface area (Å²) in [5.41, 5.74) is 0.186. The molecule has 0 fully saturated rings. The number of nitro groups is 1. The normalized spacial score (nSPS) is 10.4. The molecule has 0 bridgehead atoms. The second-order valence-electron chi connectivity index (χ2n) is 3.53. The van der Waals surface area contributed by atoms with Crippen LogP contribution in [0.25, 0.3) is 11.3 Å². The fourth-order valence-corrected chi connectivity index (χ4v) is 1.78. The zero-order chi connectivity index (χ0) is 13.3. The van der Waals surface area contributed by atoms with Crippen molar-refractivity contribution in [1.82, 2.24) is 9.97 Å². The Kier molecular flexibility index (Phi) is 3.20.